The molecule has 0 heterocycles. The van der Waals surface area contributed by atoms with Gasteiger partial charge in [0.25, 0.3) is 0 Å². The maximum Gasteiger partial charge on any atom is 0.200 e. The van der Waals surface area contributed by atoms with Crippen LogP contribution in [0.4, 0.5) is 0 Å². The Labute approximate surface area is 144 Å². The first-order chi connectivity index (χ1) is 12.2. The van der Waals surface area contributed by atoms with Gasteiger partial charge in [-0.15, -0.1) is 5.10 Å². The molecule has 0 aliphatic heterocycles. The Morgan fingerprint density at radius 1 is 0.680 bits per heavy atom. The Hall–Kier alpha value is -3.60. The van der Waals surface area contributed by atoms with Gasteiger partial charge in [-0.05, 0) is 12.1 Å². The molecule has 3 rings (SSSR count). The van der Waals surface area contributed by atoms with E-state index in [1.807, 2.05) is 60.7 Å². The molecule has 0 unspecified atom stereocenters. The molecule has 0 spiro atoms. The number of rotatable bonds is 4. The van der Waals surface area contributed by atoms with Crippen LogP contribution in [0.1, 0.15) is 16.7 Å². The third kappa shape index (κ3) is 3.67. The van der Waals surface area contributed by atoms with Crippen molar-refractivity contribution in [3.8, 4) is 17.2 Å². The molecule has 0 aliphatic rings. The highest BCUT2D eigenvalue weighted by atomic mass is 16.3. The molecule has 3 aromatic rings. The highest BCUT2D eigenvalue weighted by molar-refractivity contribution is 6.13. The van der Waals surface area contributed by atoms with Crippen molar-refractivity contribution in [3.63, 3.8) is 0 Å². The van der Waals surface area contributed by atoms with Crippen LogP contribution in [0.3, 0.4) is 0 Å². The fraction of sp³-hybridized carbons (Fsp3) is 0. The molecular formula is C20H16N2O3. The zero-order valence-corrected chi connectivity index (χ0v) is 13.2. The first-order valence-electron chi connectivity index (χ1n) is 7.62. The minimum Gasteiger partial charge on any atom is -0.504 e. The molecular weight excluding hydrogens is 316 g/mol. The summed E-state index contributed by atoms with van der Waals surface area (Å²) in [7, 11) is 0. The third-order valence-corrected chi connectivity index (χ3v) is 3.61. The summed E-state index contributed by atoms with van der Waals surface area (Å²) in [6, 6.07) is 22.0. The Morgan fingerprint density at radius 2 is 1.24 bits per heavy atom. The molecule has 124 valence electrons. The van der Waals surface area contributed by atoms with Gasteiger partial charge in [0.1, 0.15) is 5.71 Å². The van der Waals surface area contributed by atoms with Crippen LogP contribution in [0.15, 0.2) is 83.0 Å². The molecule has 5 heteroatoms. The van der Waals surface area contributed by atoms with E-state index in [1.54, 1.807) is 0 Å². The van der Waals surface area contributed by atoms with Crippen LogP contribution in [0.5, 0.6) is 17.2 Å². The van der Waals surface area contributed by atoms with Gasteiger partial charge in [-0.1, -0.05) is 60.7 Å². The minimum atomic E-state index is -0.584. The largest absolute Gasteiger partial charge is 0.504 e. The monoisotopic (exact) mass is 332 g/mol. The SMILES string of the molecule is Oc1ccc(/C=N/N=C(c2ccccc2)c2ccccc2)c(O)c1O. The van der Waals surface area contributed by atoms with Gasteiger partial charge < -0.3 is 15.3 Å². The van der Waals surface area contributed by atoms with E-state index in [-0.39, 0.29) is 5.56 Å². The maximum absolute atomic E-state index is 9.83. The molecule has 0 saturated carbocycles. The van der Waals surface area contributed by atoms with E-state index in [1.165, 1.54) is 18.3 Å². The quantitative estimate of drug-likeness (QED) is 0.387. The van der Waals surface area contributed by atoms with Crippen molar-refractivity contribution >= 4 is 11.9 Å². The molecule has 3 aromatic carbocycles. The van der Waals surface area contributed by atoms with Crippen LogP contribution in [-0.4, -0.2) is 27.2 Å². The van der Waals surface area contributed by atoms with Crippen LogP contribution < -0.4 is 0 Å². The van der Waals surface area contributed by atoms with Crippen molar-refractivity contribution in [2.75, 3.05) is 0 Å². The van der Waals surface area contributed by atoms with E-state index in [0.717, 1.165) is 11.1 Å². The number of aromatic hydroxyl groups is 3. The number of phenolic OH excluding ortho intramolecular Hbond substituents is 3. The van der Waals surface area contributed by atoms with Crippen molar-refractivity contribution in [2.45, 2.75) is 0 Å². The zero-order valence-electron chi connectivity index (χ0n) is 13.2. The average Bonchev–Trinajstić information content (AvgIpc) is 2.66. The van der Waals surface area contributed by atoms with Gasteiger partial charge >= 0.3 is 0 Å². The first-order valence-corrected chi connectivity index (χ1v) is 7.62. The van der Waals surface area contributed by atoms with Gasteiger partial charge in [-0.3, -0.25) is 0 Å². The minimum absolute atomic E-state index is 0.250. The van der Waals surface area contributed by atoms with Crippen LogP contribution in [0.2, 0.25) is 0 Å². The van der Waals surface area contributed by atoms with E-state index >= 15 is 0 Å². The van der Waals surface area contributed by atoms with E-state index < -0.39 is 17.2 Å². The van der Waals surface area contributed by atoms with Crippen LogP contribution in [-0.2, 0) is 0 Å². The van der Waals surface area contributed by atoms with Gasteiger partial charge in [0.15, 0.2) is 11.5 Å². The summed E-state index contributed by atoms with van der Waals surface area (Å²) in [6.07, 6.45) is 1.32. The van der Waals surface area contributed by atoms with E-state index in [2.05, 4.69) is 10.2 Å². The van der Waals surface area contributed by atoms with E-state index in [9.17, 15) is 15.3 Å². The molecule has 0 saturated heterocycles. The molecule has 0 aliphatic carbocycles. The molecule has 3 N–H and O–H groups in total. The van der Waals surface area contributed by atoms with Gasteiger partial charge in [0.05, 0.1) is 6.21 Å². The van der Waals surface area contributed by atoms with Gasteiger partial charge in [0, 0.05) is 16.7 Å². The Kier molecular flexibility index (Phi) is 4.76. The van der Waals surface area contributed by atoms with E-state index in [0.29, 0.717) is 5.71 Å². The normalized spacial score (nSPS) is 10.7. The summed E-state index contributed by atoms with van der Waals surface area (Å²) in [5.74, 6) is -1.42. The summed E-state index contributed by atoms with van der Waals surface area (Å²) < 4.78 is 0. The lowest BCUT2D eigenvalue weighted by Gasteiger charge is -2.05. The lowest BCUT2D eigenvalue weighted by molar-refractivity contribution is 0.367. The predicted octanol–water partition coefficient (Wildman–Crippen LogP) is 3.67. The Morgan fingerprint density at radius 3 is 1.80 bits per heavy atom. The number of nitrogens with zero attached hydrogens (tertiary/aromatic N) is 2. The van der Waals surface area contributed by atoms with Crippen molar-refractivity contribution in [2.24, 2.45) is 10.2 Å². The number of hydrogen-bond acceptors (Lipinski definition) is 5. The van der Waals surface area contributed by atoms with Gasteiger partial charge in [-0.25, -0.2) is 0 Å². The lowest BCUT2D eigenvalue weighted by atomic mass is 10.0. The van der Waals surface area contributed by atoms with Crippen molar-refractivity contribution in [1.82, 2.24) is 0 Å². The summed E-state index contributed by atoms with van der Waals surface area (Å²) in [4.78, 5) is 0. The molecule has 5 nitrogen and oxygen atoms in total. The van der Waals surface area contributed by atoms with Crippen LogP contribution in [0, 0.1) is 0 Å². The predicted molar refractivity (Wildman–Crippen MR) is 97.6 cm³/mol. The Balaban J connectivity index is 1.99. The second-order valence-electron chi connectivity index (χ2n) is 5.30. The lowest BCUT2D eigenvalue weighted by Crippen LogP contribution is -2.02. The average molecular weight is 332 g/mol. The van der Waals surface area contributed by atoms with Gasteiger partial charge in [-0.2, -0.15) is 5.10 Å². The summed E-state index contributed by atoms with van der Waals surface area (Å²) in [6.45, 7) is 0. The van der Waals surface area contributed by atoms with Crippen LogP contribution in [0.25, 0.3) is 0 Å². The van der Waals surface area contributed by atoms with E-state index in [4.69, 9.17) is 0 Å². The number of benzene rings is 3. The zero-order chi connectivity index (χ0) is 17.6. The number of phenols is 3. The van der Waals surface area contributed by atoms with Crippen LogP contribution >= 0.6 is 0 Å². The smallest absolute Gasteiger partial charge is 0.200 e. The third-order valence-electron chi connectivity index (χ3n) is 3.61. The molecule has 25 heavy (non-hydrogen) atoms. The highest BCUT2D eigenvalue weighted by Crippen LogP contribution is 2.36. The Bertz CT molecular complexity index is 879. The standard InChI is InChI=1S/C20H16N2O3/c23-17-12-11-16(19(24)20(17)25)13-21-22-18(14-7-3-1-4-8-14)15-9-5-2-6-10-15/h1-13,23-25H/b21-13+. The van der Waals surface area contributed by atoms with Crippen molar-refractivity contribution in [1.29, 1.82) is 0 Å². The second-order valence-corrected chi connectivity index (χ2v) is 5.30. The molecule has 0 aromatic heterocycles. The highest BCUT2D eigenvalue weighted by Gasteiger charge is 2.09. The molecule has 0 atom stereocenters. The fourth-order valence-electron chi connectivity index (χ4n) is 2.31. The maximum atomic E-state index is 9.83. The fourth-order valence-corrected chi connectivity index (χ4v) is 2.31. The summed E-state index contributed by atoms with van der Waals surface area (Å²) >= 11 is 0. The molecule has 0 fully saturated rings. The molecule has 0 radical (unpaired) electrons. The topological polar surface area (TPSA) is 85.4 Å². The first kappa shape index (κ1) is 16.3. The molecule has 0 bridgehead atoms. The molecule has 0 amide bonds. The second kappa shape index (κ2) is 7.31. The summed E-state index contributed by atoms with van der Waals surface area (Å²) in [5.41, 5.74) is 2.74. The van der Waals surface area contributed by atoms with Gasteiger partial charge in [0.2, 0.25) is 5.75 Å². The number of hydrogen-bond donors (Lipinski definition) is 3. The van der Waals surface area contributed by atoms with Crippen molar-refractivity contribution < 1.29 is 15.3 Å². The summed E-state index contributed by atoms with van der Waals surface area (Å²) in [5, 5.41) is 37.1. The van der Waals surface area contributed by atoms with Crippen molar-refractivity contribution in [3.05, 3.63) is 89.5 Å².